The van der Waals surface area contributed by atoms with Crippen molar-refractivity contribution in [3.8, 4) is 0 Å². The van der Waals surface area contributed by atoms with Gasteiger partial charge < -0.3 is 4.40 Å². The van der Waals surface area contributed by atoms with Crippen LogP contribution in [0.3, 0.4) is 0 Å². The van der Waals surface area contributed by atoms with Gasteiger partial charge in [0.25, 0.3) is 0 Å². The molecule has 84 valence electrons. The van der Waals surface area contributed by atoms with Crippen molar-refractivity contribution in [2.24, 2.45) is 0 Å². The van der Waals surface area contributed by atoms with Crippen LogP contribution in [0.2, 0.25) is 0 Å². The van der Waals surface area contributed by atoms with Crippen molar-refractivity contribution < 1.29 is 4.79 Å². The third-order valence-electron chi connectivity index (χ3n) is 2.89. The maximum atomic E-state index is 11.7. The van der Waals surface area contributed by atoms with Crippen LogP contribution < -0.4 is 0 Å². The minimum atomic E-state index is 0.150. The normalized spacial score (nSPS) is 10.9. The maximum Gasteiger partial charge on any atom is 0.176 e. The topological polar surface area (TPSA) is 21.5 Å². The molecule has 0 aliphatic carbocycles. The third-order valence-corrected chi connectivity index (χ3v) is 2.89. The van der Waals surface area contributed by atoms with Crippen LogP contribution in [0.4, 0.5) is 0 Å². The molecule has 0 fully saturated rings. The van der Waals surface area contributed by atoms with Crippen molar-refractivity contribution in [2.45, 2.75) is 33.1 Å². The van der Waals surface area contributed by atoms with E-state index in [0.29, 0.717) is 0 Å². The predicted octanol–water partition coefficient (Wildman–Crippen LogP) is 3.48. The summed E-state index contributed by atoms with van der Waals surface area (Å²) in [5, 5.41) is 0. The zero-order chi connectivity index (χ0) is 11.5. The molecule has 0 spiro atoms. The minimum absolute atomic E-state index is 0.150. The van der Waals surface area contributed by atoms with E-state index in [1.54, 1.807) is 6.92 Å². The number of unbranched alkanes of at least 4 members (excludes halogenated alkanes) is 1. The third kappa shape index (κ3) is 1.87. The second kappa shape index (κ2) is 4.52. The van der Waals surface area contributed by atoms with Gasteiger partial charge in [0.05, 0.1) is 5.69 Å². The maximum absolute atomic E-state index is 11.7. The number of hydrogen-bond donors (Lipinski definition) is 0. The number of carbonyl (C=O) groups excluding carboxylic acids is 1. The largest absolute Gasteiger partial charge is 0.314 e. The number of Topliss-reactive ketones (excluding diaryl/α,β-unsaturated/α-hetero) is 1. The summed E-state index contributed by atoms with van der Waals surface area (Å²) >= 11 is 0. The van der Waals surface area contributed by atoms with Crippen LogP contribution in [0.1, 0.15) is 42.7 Å². The molecule has 0 N–H and O–H groups in total. The average Bonchev–Trinajstić information content (AvgIpc) is 2.64. The Morgan fingerprint density at radius 3 is 2.88 bits per heavy atom. The second-order valence-electron chi connectivity index (χ2n) is 4.17. The number of pyridine rings is 1. The second-order valence-corrected chi connectivity index (χ2v) is 4.17. The number of hydrogen-bond acceptors (Lipinski definition) is 1. The molecule has 0 bridgehead atoms. The molecule has 0 saturated carbocycles. The molecule has 0 radical (unpaired) electrons. The summed E-state index contributed by atoms with van der Waals surface area (Å²) in [6.45, 7) is 3.81. The first kappa shape index (κ1) is 10.9. The van der Waals surface area contributed by atoms with Crippen LogP contribution in [0.25, 0.3) is 5.52 Å². The van der Waals surface area contributed by atoms with Gasteiger partial charge in [0.1, 0.15) is 0 Å². The highest BCUT2D eigenvalue weighted by atomic mass is 16.1. The summed E-state index contributed by atoms with van der Waals surface area (Å²) in [6, 6.07) is 8.14. The first-order chi connectivity index (χ1) is 7.74. The van der Waals surface area contributed by atoms with Crippen molar-refractivity contribution >= 4 is 11.3 Å². The molecule has 2 aromatic rings. The number of rotatable bonds is 4. The zero-order valence-corrected chi connectivity index (χ0v) is 9.86. The first-order valence-electron chi connectivity index (χ1n) is 5.84. The van der Waals surface area contributed by atoms with Gasteiger partial charge in [-0.2, -0.15) is 0 Å². The zero-order valence-electron chi connectivity index (χ0n) is 9.86. The molecule has 0 saturated heterocycles. The molecule has 2 rings (SSSR count). The van der Waals surface area contributed by atoms with Gasteiger partial charge in [-0.1, -0.05) is 19.4 Å². The summed E-state index contributed by atoms with van der Waals surface area (Å²) in [4.78, 5) is 11.7. The molecule has 0 aliphatic heterocycles. The van der Waals surface area contributed by atoms with Gasteiger partial charge in [-0.3, -0.25) is 4.79 Å². The Kier molecular flexibility index (Phi) is 3.09. The highest BCUT2D eigenvalue weighted by Gasteiger charge is 2.12. The minimum Gasteiger partial charge on any atom is -0.314 e. The van der Waals surface area contributed by atoms with Gasteiger partial charge in [0.2, 0.25) is 0 Å². The number of aryl methyl sites for hydroxylation is 1. The van der Waals surface area contributed by atoms with E-state index in [2.05, 4.69) is 13.0 Å². The van der Waals surface area contributed by atoms with Gasteiger partial charge in [-0.15, -0.1) is 0 Å². The molecule has 0 atom stereocenters. The van der Waals surface area contributed by atoms with Gasteiger partial charge in [-0.25, -0.2) is 0 Å². The van der Waals surface area contributed by atoms with Crippen molar-refractivity contribution in [3.05, 3.63) is 41.7 Å². The first-order valence-corrected chi connectivity index (χ1v) is 5.84. The molecule has 2 aromatic heterocycles. The van der Waals surface area contributed by atoms with Gasteiger partial charge in [-0.05, 0) is 36.6 Å². The van der Waals surface area contributed by atoms with E-state index in [4.69, 9.17) is 0 Å². The Labute approximate surface area is 95.9 Å². The van der Waals surface area contributed by atoms with Crippen LogP contribution >= 0.6 is 0 Å². The van der Waals surface area contributed by atoms with E-state index in [1.165, 1.54) is 5.56 Å². The molecule has 0 aliphatic rings. The number of carbonyl (C=O) groups is 1. The van der Waals surface area contributed by atoms with E-state index in [1.807, 2.05) is 28.8 Å². The van der Waals surface area contributed by atoms with Crippen molar-refractivity contribution in [2.75, 3.05) is 0 Å². The quantitative estimate of drug-likeness (QED) is 0.715. The Hall–Kier alpha value is -1.57. The average molecular weight is 215 g/mol. The molecule has 0 amide bonds. The smallest absolute Gasteiger partial charge is 0.176 e. The van der Waals surface area contributed by atoms with Crippen molar-refractivity contribution in [3.63, 3.8) is 0 Å². The Balaban J connectivity index is 2.54. The van der Waals surface area contributed by atoms with E-state index in [-0.39, 0.29) is 5.78 Å². The molecular formula is C14H17NO. The summed E-state index contributed by atoms with van der Waals surface area (Å²) in [7, 11) is 0. The fourth-order valence-electron chi connectivity index (χ4n) is 2.13. The SMILES string of the molecule is CCCCc1cc2ccccn2c1C(C)=O. The van der Waals surface area contributed by atoms with E-state index >= 15 is 0 Å². The van der Waals surface area contributed by atoms with E-state index in [0.717, 1.165) is 30.5 Å². The Morgan fingerprint density at radius 1 is 1.38 bits per heavy atom. The summed E-state index contributed by atoms with van der Waals surface area (Å²) in [6.07, 6.45) is 5.25. The van der Waals surface area contributed by atoms with Crippen molar-refractivity contribution in [1.82, 2.24) is 4.40 Å². The van der Waals surface area contributed by atoms with Gasteiger partial charge in [0.15, 0.2) is 5.78 Å². The van der Waals surface area contributed by atoms with Crippen LogP contribution in [-0.2, 0) is 6.42 Å². The van der Waals surface area contributed by atoms with Crippen LogP contribution in [0, 0.1) is 0 Å². The fraction of sp³-hybridized carbons (Fsp3) is 0.357. The number of fused-ring (bicyclic) bond motifs is 1. The van der Waals surface area contributed by atoms with E-state index in [9.17, 15) is 4.79 Å². The summed E-state index contributed by atoms with van der Waals surface area (Å²) in [5.41, 5.74) is 3.14. The number of aromatic nitrogens is 1. The Morgan fingerprint density at radius 2 is 2.19 bits per heavy atom. The molecule has 2 heterocycles. The molecule has 0 unspecified atom stereocenters. The lowest BCUT2D eigenvalue weighted by Crippen LogP contribution is -2.02. The lowest BCUT2D eigenvalue weighted by molar-refractivity contribution is 0.101. The summed E-state index contributed by atoms with van der Waals surface area (Å²) in [5.74, 6) is 0.150. The lowest BCUT2D eigenvalue weighted by atomic mass is 10.1. The van der Waals surface area contributed by atoms with Crippen LogP contribution in [0.15, 0.2) is 30.5 Å². The van der Waals surface area contributed by atoms with Gasteiger partial charge in [0, 0.05) is 18.6 Å². The van der Waals surface area contributed by atoms with Gasteiger partial charge >= 0.3 is 0 Å². The highest BCUT2D eigenvalue weighted by molar-refractivity contribution is 5.95. The van der Waals surface area contributed by atoms with E-state index < -0.39 is 0 Å². The van der Waals surface area contributed by atoms with Crippen LogP contribution in [-0.4, -0.2) is 10.2 Å². The molecular weight excluding hydrogens is 198 g/mol. The Bertz CT molecular complexity index is 510. The van der Waals surface area contributed by atoms with Crippen molar-refractivity contribution in [1.29, 1.82) is 0 Å². The monoisotopic (exact) mass is 215 g/mol. The highest BCUT2D eigenvalue weighted by Crippen LogP contribution is 2.19. The lowest BCUT2D eigenvalue weighted by Gasteiger charge is -2.02. The molecule has 16 heavy (non-hydrogen) atoms. The number of nitrogens with zero attached hydrogens (tertiary/aromatic N) is 1. The fourth-order valence-corrected chi connectivity index (χ4v) is 2.13. The number of ketones is 1. The molecule has 2 heteroatoms. The standard InChI is InChI=1S/C14H17NO/c1-3-4-7-12-10-13-8-5-6-9-15(13)14(12)11(2)16/h5-6,8-10H,3-4,7H2,1-2H3. The van der Waals surface area contributed by atoms with Crippen LogP contribution in [0.5, 0.6) is 0 Å². The molecule has 2 nitrogen and oxygen atoms in total. The molecule has 0 aromatic carbocycles. The predicted molar refractivity (Wildman–Crippen MR) is 66.0 cm³/mol. The summed E-state index contributed by atoms with van der Waals surface area (Å²) < 4.78 is 1.99.